The van der Waals surface area contributed by atoms with Crippen molar-refractivity contribution >= 4 is 17.3 Å². The second kappa shape index (κ2) is 6.35. The van der Waals surface area contributed by atoms with Crippen molar-refractivity contribution < 1.29 is 9.53 Å². The maximum absolute atomic E-state index is 12.2. The Morgan fingerprint density at radius 3 is 2.83 bits per heavy atom. The zero-order valence-corrected chi connectivity index (χ0v) is 13.3. The van der Waals surface area contributed by atoms with Gasteiger partial charge in [-0.3, -0.25) is 0 Å². The van der Waals surface area contributed by atoms with Crippen molar-refractivity contribution in [2.24, 2.45) is 5.92 Å². The minimum Gasteiger partial charge on any atom is -0.461 e. The van der Waals surface area contributed by atoms with Crippen molar-refractivity contribution in [3.05, 3.63) is 66.6 Å². The van der Waals surface area contributed by atoms with Gasteiger partial charge in [0.15, 0.2) is 5.69 Å². The second-order valence-electron chi connectivity index (χ2n) is 6.13. The number of hydrogen-bond acceptors (Lipinski definition) is 4. The first kappa shape index (κ1) is 14.8. The van der Waals surface area contributed by atoms with Crippen LogP contribution in [0.15, 0.2) is 60.9 Å². The Balaban J connectivity index is 1.34. The average molecular weight is 321 g/mol. The summed E-state index contributed by atoms with van der Waals surface area (Å²) < 4.78 is 7.31. The van der Waals surface area contributed by atoms with Crippen LogP contribution in [0.4, 0.5) is 5.69 Å². The third kappa shape index (κ3) is 2.97. The molecule has 0 bridgehead atoms. The van der Waals surface area contributed by atoms with E-state index in [4.69, 9.17) is 4.74 Å². The van der Waals surface area contributed by atoms with E-state index < -0.39 is 0 Å². The van der Waals surface area contributed by atoms with Gasteiger partial charge in [-0.25, -0.2) is 9.78 Å². The van der Waals surface area contributed by atoms with Gasteiger partial charge in [0.2, 0.25) is 0 Å². The number of imidazole rings is 1. The van der Waals surface area contributed by atoms with E-state index in [9.17, 15) is 4.79 Å². The lowest BCUT2D eigenvalue weighted by Gasteiger charge is -2.18. The summed E-state index contributed by atoms with van der Waals surface area (Å²) in [5.41, 5.74) is 2.34. The Kier molecular flexibility index (Phi) is 3.91. The average Bonchev–Trinajstić information content (AvgIpc) is 3.27. The zero-order valence-electron chi connectivity index (χ0n) is 13.3. The van der Waals surface area contributed by atoms with Gasteiger partial charge in [0.05, 0.1) is 6.61 Å². The van der Waals surface area contributed by atoms with E-state index in [0.717, 1.165) is 25.2 Å². The SMILES string of the molecule is O=C(OC[C@H]1CCN(c2ccccc2)C1)c1cn2ccccc2n1. The van der Waals surface area contributed by atoms with Crippen LogP contribution in [-0.2, 0) is 4.74 Å². The third-order valence-corrected chi connectivity index (χ3v) is 4.43. The second-order valence-corrected chi connectivity index (χ2v) is 6.13. The number of hydrogen-bond donors (Lipinski definition) is 0. The molecule has 0 saturated carbocycles. The number of rotatable bonds is 4. The molecule has 3 heterocycles. The highest BCUT2D eigenvalue weighted by molar-refractivity contribution is 5.87. The van der Waals surface area contributed by atoms with Gasteiger partial charge in [0, 0.05) is 37.1 Å². The molecule has 0 N–H and O–H groups in total. The molecule has 0 amide bonds. The lowest BCUT2D eigenvalue weighted by Crippen LogP contribution is -2.22. The topological polar surface area (TPSA) is 46.8 Å². The molecular formula is C19H19N3O2. The van der Waals surface area contributed by atoms with E-state index in [1.807, 2.05) is 47.0 Å². The molecule has 1 atom stereocenters. The number of pyridine rings is 1. The summed E-state index contributed by atoms with van der Waals surface area (Å²) in [4.78, 5) is 18.8. The summed E-state index contributed by atoms with van der Waals surface area (Å²) in [5.74, 6) is 0.0167. The van der Waals surface area contributed by atoms with Crippen LogP contribution in [0.5, 0.6) is 0 Å². The Bertz CT molecular complexity index is 811. The fourth-order valence-corrected chi connectivity index (χ4v) is 3.14. The largest absolute Gasteiger partial charge is 0.461 e. The molecule has 122 valence electrons. The van der Waals surface area contributed by atoms with Crippen molar-refractivity contribution in [3.63, 3.8) is 0 Å². The predicted octanol–water partition coefficient (Wildman–Crippen LogP) is 3.02. The number of para-hydroxylation sites is 1. The zero-order chi connectivity index (χ0) is 16.4. The van der Waals surface area contributed by atoms with Gasteiger partial charge in [0.25, 0.3) is 0 Å². The summed E-state index contributed by atoms with van der Waals surface area (Å²) in [6.07, 6.45) is 4.61. The summed E-state index contributed by atoms with van der Waals surface area (Å²) in [7, 11) is 0. The summed E-state index contributed by atoms with van der Waals surface area (Å²) in [6, 6.07) is 16.0. The van der Waals surface area contributed by atoms with E-state index in [2.05, 4.69) is 22.0 Å². The first-order valence-electron chi connectivity index (χ1n) is 8.20. The highest BCUT2D eigenvalue weighted by Crippen LogP contribution is 2.23. The maximum atomic E-state index is 12.2. The lowest BCUT2D eigenvalue weighted by molar-refractivity contribution is 0.0445. The molecule has 5 nitrogen and oxygen atoms in total. The standard InChI is InChI=1S/C19H19N3O2/c23-19(17-13-22-10-5-4-8-18(22)20-17)24-14-15-9-11-21(12-15)16-6-2-1-3-7-16/h1-8,10,13,15H,9,11-12,14H2/t15-/m0/s1. The summed E-state index contributed by atoms with van der Waals surface area (Å²) >= 11 is 0. The molecule has 1 aromatic carbocycles. The molecule has 1 aliphatic heterocycles. The van der Waals surface area contributed by atoms with Crippen LogP contribution in [0, 0.1) is 5.92 Å². The number of benzene rings is 1. The van der Waals surface area contributed by atoms with E-state index in [1.165, 1.54) is 5.69 Å². The predicted molar refractivity (Wildman–Crippen MR) is 92.2 cm³/mol. The van der Waals surface area contributed by atoms with Crippen molar-refractivity contribution in [2.45, 2.75) is 6.42 Å². The summed E-state index contributed by atoms with van der Waals surface area (Å²) in [6.45, 7) is 2.36. The first-order valence-corrected chi connectivity index (χ1v) is 8.20. The molecule has 1 aliphatic rings. The molecule has 5 heteroatoms. The Morgan fingerprint density at radius 2 is 2.00 bits per heavy atom. The van der Waals surface area contributed by atoms with Crippen molar-refractivity contribution in [3.8, 4) is 0 Å². The van der Waals surface area contributed by atoms with Gasteiger partial charge in [-0.15, -0.1) is 0 Å². The Labute approximate surface area is 140 Å². The highest BCUT2D eigenvalue weighted by atomic mass is 16.5. The lowest BCUT2D eigenvalue weighted by atomic mass is 10.1. The van der Waals surface area contributed by atoms with Gasteiger partial charge in [0.1, 0.15) is 5.65 Å². The molecule has 1 fully saturated rings. The highest BCUT2D eigenvalue weighted by Gasteiger charge is 2.24. The van der Waals surface area contributed by atoms with Gasteiger partial charge in [-0.2, -0.15) is 0 Å². The minimum absolute atomic E-state index is 0.350. The molecular weight excluding hydrogens is 302 g/mol. The molecule has 4 rings (SSSR count). The molecule has 2 aromatic heterocycles. The molecule has 0 unspecified atom stereocenters. The van der Waals surface area contributed by atoms with Gasteiger partial charge < -0.3 is 14.0 Å². The van der Waals surface area contributed by atoms with E-state index >= 15 is 0 Å². The number of fused-ring (bicyclic) bond motifs is 1. The number of carbonyl (C=O) groups is 1. The van der Waals surface area contributed by atoms with Crippen LogP contribution in [0.25, 0.3) is 5.65 Å². The normalized spacial score (nSPS) is 17.3. The number of ether oxygens (including phenoxy) is 1. The van der Waals surface area contributed by atoms with Gasteiger partial charge in [-0.1, -0.05) is 24.3 Å². The molecule has 0 radical (unpaired) electrons. The number of carbonyl (C=O) groups excluding carboxylic acids is 1. The first-order chi connectivity index (χ1) is 11.8. The number of esters is 1. The van der Waals surface area contributed by atoms with E-state index in [0.29, 0.717) is 18.2 Å². The fourth-order valence-electron chi connectivity index (χ4n) is 3.14. The number of nitrogens with zero attached hydrogens (tertiary/aromatic N) is 3. The minimum atomic E-state index is -0.350. The molecule has 24 heavy (non-hydrogen) atoms. The molecule has 3 aromatic rings. The van der Waals surface area contributed by atoms with E-state index in [-0.39, 0.29) is 5.97 Å². The van der Waals surface area contributed by atoms with E-state index in [1.54, 1.807) is 6.20 Å². The van der Waals surface area contributed by atoms with Crippen LogP contribution in [0.1, 0.15) is 16.9 Å². The summed E-state index contributed by atoms with van der Waals surface area (Å²) in [5, 5.41) is 0. The van der Waals surface area contributed by atoms with Crippen LogP contribution in [0.3, 0.4) is 0 Å². The molecule has 1 saturated heterocycles. The van der Waals surface area contributed by atoms with Gasteiger partial charge >= 0.3 is 5.97 Å². The fraction of sp³-hybridized carbons (Fsp3) is 0.263. The van der Waals surface area contributed by atoms with Crippen molar-refractivity contribution in [2.75, 3.05) is 24.6 Å². The molecule has 0 aliphatic carbocycles. The number of anilines is 1. The van der Waals surface area contributed by atoms with Crippen molar-refractivity contribution in [1.82, 2.24) is 9.38 Å². The number of aromatic nitrogens is 2. The van der Waals surface area contributed by atoms with Gasteiger partial charge in [-0.05, 0) is 30.7 Å². The van der Waals surface area contributed by atoms with Crippen LogP contribution in [-0.4, -0.2) is 35.1 Å². The monoisotopic (exact) mass is 321 g/mol. The van der Waals surface area contributed by atoms with Crippen LogP contribution in [0.2, 0.25) is 0 Å². The smallest absolute Gasteiger partial charge is 0.358 e. The van der Waals surface area contributed by atoms with Crippen LogP contribution < -0.4 is 4.90 Å². The van der Waals surface area contributed by atoms with Crippen molar-refractivity contribution in [1.29, 1.82) is 0 Å². The maximum Gasteiger partial charge on any atom is 0.358 e. The van der Waals surface area contributed by atoms with Crippen LogP contribution >= 0.6 is 0 Å². The quantitative estimate of drug-likeness (QED) is 0.693. The Hall–Kier alpha value is -2.82. The molecule has 0 spiro atoms. The third-order valence-electron chi connectivity index (χ3n) is 4.43. The Morgan fingerprint density at radius 1 is 1.17 bits per heavy atom.